The first kappa shape index (κ1) is 21.5. The molecule has 0 fully saturated rings. The van der Waals surface area contributed by atoms with Crippen molar-refractivity contribution in [2.24, 2.45) is 5.73 Å². The van der Waals surface area contributed by atoms with Crippen molar-refractivity contribution in [1.82, 2.24) is 5.32 Å². The van der Waals surface area contributed by atoms with Crippen LogP contribution < -0.4 is 11.1 Å². The number of rotatable bonds is 12. The summed E-state index contributed by atoms with van der Waals surface area (Å²) in [6.45, 7) is 3.05. The van der Waals surface area contributed by atoms with Gasteiger partial charge in [-0.05, 0) is 31.5 Å². The van der Waals surface area contributed by atoms with Gasteiger partial charge in [0.1, 0.15) is 0 Å². The Morgan fingerprint density at radius 2 is 1.77 bits per heavy atom. The van der Waals surface area contributed by atoms with Crippen LogP contribution in [0.15, 0.2) is 30.3 Å². The predicted octanol–water partition coefficient (Wildman–Crippen LogP) is 2.19. The van der Waals surface area contributed by atoms with Gasteiger partial charge < -0.3 is 24.3 Å². The van der Waals surface area contributed by atoms with Crippen LogP contribution >= 0.6 is 12.4 Å². The maximum atomic E-state index is 5.88. The van der Waals surface area contributed by atoms with Gasteiger partial charge in [0.25, 0.3) is 0 Å². The Balaban J connectivity index is 0.00000441. The highest BCUT2D eigenvalue weighted by Gasteiger charge is 2.37. The van der Waals surface area contributed by atoms with Gasteiger partial charge in [-0.15, -0.1) is 12.4 Å². The number of nitrogens with one attached hydrogen (secondary N) is 1. The van der Waals surface area contributed by atoms with Gasteiger partial charge in [-0.25, -0.2) is 0 Å². The molecule has 0 atom stereocenters. The highest BCUT2D eigenvalue weighted by Crippen LogP contribution is 2.15. The largest absolute Gasteiger partial charge is 0.500 e. The van der Waals surface area contributed by atoms with E-state index in [2.05, 4.69) is 29.6 Å². The van der Waals surface area contributed by atoms with E-state index in [0.717, 1.165) is 32.0 Å². The first-order valence-electron chi connectivity index (χ1n) is 7.45. The van der Waals surface area contributed by atoms with Crippen LogP contribution in [0.2, 0.25) is 6.04 Å². The Morgan fingerprint density at radius 3 is 2.36 bits per heavy atom. The number of halogens is 1. The maximum absolute atomic E-state index is 5.88. The molecule has 1 rings (SSSR count). The normalized spacial score (nSPS) is 11.2. The van der Waals surface area contributed by atoms with E-state index in [1.807, 2.05) is 6.07 Å². The first-order chi connectivity index (χ1) is 10.3. The van der Waals surface area contributed by atoms with E-state index in [-0.39, 0.29) is 12.4 Å². The monoisotopic (exact) mass is 348 g/mol. The lowest BCUT2D eigenvalue weighted by Crippen LogP contribution is -2.44. The molecule has 0 saturated heterocycles. The topological polar surface area (TPSA) is 65.7 Å². The van der Waals surface area contributed by atoms with Crippen LogP contribution in [0, 0.1) is 0 Å². The molecule has 5 nitrogen and oxygen atoms in total. The van der Waals surface area contributed by atoms with Crippen LogP contribution in [0.3, 0.4) is 0 Å². The molecule has 3 N–H and O–H groups in total. The summed E-state index contributed by atoms with van der Waals surface area (Å²) in [5.74, 6) is 0. The Kier molecular flexibility index (Phi) is 12.7. The van der Waals surface area contributed by atoms with E-state index in [0.29, 0.717) is 13.2 Å². The number of hydrogen-bond acceptors (Lipinski definition) is 5. The van der Waals surface area contributed by atoms with Gasteiger partial charge in [0.15, 0.2) is 0 Å². The van der Waals surface area contributed by atoms with E-state index < -0.39 is 8.80 Å². The molecule has 0 heterocycles. The van der Waals surface area contributed by atoms with Gasteiger partial charge in [-0.1, -0.05) is 30.3 Å². The maximum Gasteiger partial charge on any atom is 0.500 e. The molecule has 128 valence electrons. The zero-order chi connectivity index (χ0) is 15.4. The molecule has 0 aromatic heterocycles. The van der Waals surface area contributed by atoms with Crippen molar-refractivity contribution in [1.29, 1.82) is 0 Å². The molecular formula is C15H29ClN2O3Si. The molecule has 0 spiro atoms. The molecular weight excluding hydrogens is 320 g/mol. The van der Waals surface area contributed by atoms with Crippen LogP contribution in [-0.2, 0) is 19.8 Å². The van der Waals surface area contributed by atoms with Crippen molar-refractivity contribution in [3.63, 3.8) is 0 Å². The van der Waals surface area contributed by atoms with Gasteiger partial charge in [0.2, 0.25) is 0 Å². The summed E-state index contributed by atoms with van der Waals surface area (Å²) in [5.41, 5.74) is 6.83. The van der Waals surface area contributed by atoms with Crippen molar-refractivity contribution in [2.45, 2.75) is 25.4 Å². The van der Waals surface area contributed by atoms with Crippen LogP contribution in [0.1, 0.15) is 18.4 Å². The lowest BCUT2D eigenvalue weighted by Gasteiger charge is -2.26. The number of nitrogens with two attached hydrogens (primary N) is 1. The third-order valence-corrected chi connectivity index (χ3v) is 6.15. The smallest absolute Gasteiger partial charge is 0.377 e. The minimum Gasteiger partial charge on any atom is -0.377 e. The molecule has 0 aliphatic heterocycles. The highest BCUT2D eigenvalue weighted by molar-refractivity contribution is 6.60. The summed E-state index contributed by atoms with van der Waals surface area (Å²) in [5, 5.41) is 3.40. The number of benzene rings is 1. The van der Waals surface area contributed by atoms with Gasteiger partial charge in [-0.3, -0.25) is 0 Å². The molecule has 0 aliphatic carbocycles. The molecule has 1 aromatic carbocycles. The third kappa shape index (κ3) is 8.24. The van der Waals surface area contributed by atoms with Crippen molar-refractivity contribution >= 4 is 21.2 Å². The zero-order valence-corrected chi connectivity index (χ0v) is 15.4. The lowest BCUT2D eigenvalue weighted by atomic mass is 10.2. The van der Waals surface area contributed by atoms with E-state index in [1.165, 1.54) is 5.56 Å². The van der Waals surface area contributed by atoms with Gasteiger partial charge in [-0.2, -0.15) is 0 Å². The van der Waals surface area contributed by atoms with Crippen LogP contribution in [0.5, 0.6) is 0 Å². The Hall–Kier alpha value is -0.473. The highest BCUT2D eigenvalue weighted by atomic mass is 35.5. The molecule has 0 amide bonds. The Morgan fingerprint density at radius 1 is 1.09 bits per heavy atom. The SMILES string of the molecule is CO[Si](CCCN)(OC)OCCCNCc1ccccc1.Cl. The molecule has 0 bridgehead atoms. The van der Waals surface area contributed by atoms with Crippen LogP contribution in [-0.4, -0.2) is 42.7 Å². The Bertz CT molecular complexity index is 367. The summed E-state index contributed by atoms with van der Waals surface area (Å²) < 4.78 is 16.8. The second-order valence-corrected chi connectivity index (χ2v) is 7.82. The fourth-order valence-electron chi connectivity index (χ4n) is 2.05. The summed E-state index contributed by atoms with van der Waals surface area (Å²) in [7, 11) is 0.809. The lowest BCUT2D eigenvalue weighted by molar-refractivity contribution is 0.0966. The molecule has 1 aromatic rings. The standard InChI is InChI=1S/C15H28N2O3Si.ClH/c1-18-21(19-2,13-6-10-16)20-12-7-11-17-14-15-8-4-3-5-9-15;/h3-5,8-9,17H,6-7,10-14,16H2,1-2H3;1H. The summed E-state index contributed by atoms with van der Waals surface area (Å²) in [6.07, 6.45) is 1.79. The fraction of sp³-hybridized carbons (Fsp3) is 0.600. The van der Waals surface area contributed by atoms with Gasteiger partial charge in [0, 0.05) is 33.4 Å². The second kappa shape index (κ2) is 13.0. The van der Waals surface area contributed by atoms with E-state index in [1.54, 1.807) is 14.2 Å². The summed E-state index contributed by atoms with van der Waals surface area (Å²) in [4.78, 5) is 0. The summed E-state index contributed by atoms with van der Waals surface area (Å²) >= 11 is 0. The molecule has 0 unspecified atom stereocenters. The van der Waals surface area contributed by atoms with Crippen molar-refractivity contribution in [3.8, 4) is 0 Å². The summed E-state index contributed by atoms with van der Waals surface area (Å²) in [6, 6.07) is 11.1. The molecule has 0 saturated carbocycles. The van der Waals surface area contributed by atoms with Crippen molar-refractivity contribution in [3.05, 3.63) is 35.9 Å². The number of hydrogen-bond donors (Lipinski definition) is 2. The molecule has 7 heteroatoms. The molecule has 22 heavy (non-hydrogen) atoms. The molecule has 0 aliphatic rings. The predicted molar refractivity (Wildman–Crippen MR) is 94.2 cm³/mol. The quantitative estimate of drug-likeness (QED) is 0.447. The third-order valence-electron chi connectivity index (χ3n) is 3.30. The van der Waals surface area contributed by atoms with Crippen LogP contribution in [0.4, 0.5) is 0 Å². The minimum absolute atomic E-state index is 0. The van der Waals surface area contributed by atoms with E-state index >= 15 is 0 Å². The zero-order valence-electron chi connectivity index (χ0n) is 13.5. The average Bonchev–Trinajstić information content (AvgIpc) is 2.55. The van der Waals surface area contributed by atoms with Crippen LogP contribution in [0.25, 0.3) is 0 Å². The van der Waals surface area contributed by atoms with Gasteiger partial charge in [0.05, 0.1) is 0 Å². The first-order valence-corrected chi connectivity index (χ1v) is 9.38. The van der Waals surface area contributed by atoms with Crippen molar-refractivity contribution in [2.75, 3.05) is 33.9 Å². The minimum atomic E-state index is -2.50. The van der Waals surface area contributed by atoms with Crippen molar-refractivity contribution < 1.29 is 13.3 Å². The fourth-order valence-corrected chi connectivity index (χ4v) is 4.10. The van der Waals surface area contributed by atoms with Gasteiger partial charge >= 0.3 is 8.80 Å². The van der Waals surface area contributed by atoms with E-state index in [9.17, 15) is 0 Å². The van der Waals surface area contributed by atoms with E-state index in [4.69, 9.17) is 19.0 Å². The molecule has 0 radical (unpaired) electrons. The average molecular weight is 349 g/mol. The Labute approximate surface area is 141 Å². The second-order valence-electron chi connectivity index (χ2n) is 4.85.